The molecule has 6 nitrogen and oxygen atoms in total. The third-order valence-electron chi connectivity index (χ3n) is 4.69. The molecule has 1 aromatic heterocycles. The maximum absolute atomic E-state index is 14.5. The molecule has 0 radical (unpaired) electrons. The maximum Gasteiger partial charge on any atom is 0.271 e. The fraction of sp³-hybridized carbons (Fsp3) is 0.238. The number of nitro groups is 1. The van der Waals surface area contributed by atoms with Gasteiger partial charge in [0.05, 0.1) is 21.3 Å². The topological polar surface area (TPSA) is 84.8 Å². The second kappa shape index (κ2) is 9.37. The highest BCUT2D eigenvalue weighted by molar-refractivity contribution is 9.10. The summed E-state index contributed by atoms with van der Waals surface area (Å²) in [5.74, 6) is -0.393. The summed E-state index contributed by atoms with van der Waals surface area (Å²) in [5, 5.41) is 25.8. The predicted molar refractivity (Wildman–Crippen MR) is 115 cm³/mol. The summed E-state index contributed by atoms with van der Waals surface area (Å²) >= 11 is 9.52. The summed E-state index contributed by atoms with van der Waals surface area (Å²) in [6.07, 6.45) is 2.52. The van der Waals surface area contributed by atoms with Crippen molar-refractivity contribution in [3.8, 4) is 11.8 Å². The first-order valence-corrected chi connectivity index (χ1v) is 10.4. The lowest BCUT2D eigenvalue weighted by molar-refractivity contribution is -0.384. The predicted octanol–water partition coefficient (Wildman–Crippen LogP) is 6.14. The number of nitrogens with zero attached hydrogens (tertiary/aromatic N) is 4. The minimum atomic E-state index is -0.536. The van der Waals surface area contributed by atoms with Crippen molar-refractivity contribution in [1.29, 1.82) is 5.26 Å². The quantitative estimate of drug-likeness (QED) is 0.293. The third-order valence-corrected chi connectivity index (χ3v) is 5.50. The monoisotopic (exact) mass is 490 g/mol. The number of nitriles is 1. The number of benzene rings is 2. The van der Waals surface area contributed by atoms with Crippen LogP contribution in [0.1, 0.15) is 42.3 Å². The van der Waals surface area contributed by atoms with Crippen molar-refractivity contribution in [3.63, 3.8) is 0 Å². The summed E-state index contributed by atoms with van der Waals surface area (Å²) in [6, 6.07) is 10.9. The highest BCUT2D eigenvalue weighted by Gasteiger charge is 2.22. The van der Waals surface area contributed by atoms with E-state index >= 15 is 0 Å². The van der Waals surface area contributed by atoms with E-state index in [4.69, 9.17) is 11.6 Å². The summed E-state index contributed by atoms with van der Waals surface area (Å²) in [7, 11) is 0. The van der Waals surface area contributed by atoms with Gasteiger partial charge in [-0.3, -0.25) is 10.1 Å². The van der Waals surface area contributed by atoms with Crippen LogP contribution >= 0.6 is 27.5 Å². The van der Waals surface area contributed by atoms with Crippen molar-refractivity contribution in [1.82, 2.24) is 9.78 Å². The van der Waals surface area contributed by atoms with E-state index in [9.17, 15) is 19.8 Å². The molecule has 9 heteroatoms. The molecule has 2 aromatic carbocycles. The smallest absolute Gasteiger partial charge is 0.258 e. The molecule has 0 fully saturated rings. The first kappa shape index (κ1) is 21.9. The summed E-state index contributed by atoms with van der Waals surface area (Å²) in [5.41, 5.74) is 1.93. The van der Waals surface area contributed by atoms with Gasteiger partial charge >= 0.3 is 0 Å². The van der Waals surface area contributed by atoms with Gasteiger partial charge in [0.2, 0.25) is 0 Å². The van der Waals surface area contributed by atoms with Crippen LogP contribution in [0, 0.1) is 27.3 Å². The SMILES string of the molecule is CCCCc1nn(-c2cc([N+](=O)[O-])ccc2Cl)c(C#N)c1Cc1ccc(Br)cc1F. The molecule has 0 N–H and O–H groups in total. The molecule has 0 saturated heterocycles. The van der Waals surface area contributed by atoms with Gasteiger partial charge in [-0.05, 0) is 36.6 Å². The zero-order valence-electron chi connectivity index (χ0n) is 16.0. The van der Waals surface area contributed by atoms with Gasteiger partial charge in [0.1, 0.15) is 17.6 Å². The highest BCUT2D eigenvalue weighted by atomic mass is 79.9. The average molecular weight is 492 g/mol. The van der Waals surface area contributed by atoms with Crippen molar-refractivity contribution in [2.45, 2.75) is 32.6 Å². The minimum Gasteiger partial charge on any atom is -0.258 e. The molecular weight excluding hydrogens is 475 g/mol. The molecule has 0 aliphatic carbocycles. The molecule has 0 aliphatic heterocycles. The number of aryl methyl sites for hydroxylation is 1. The second-order valence-electron chi connectivity index (χ2n) is 6.71. The van der Waals surface area contributed by atoms with Crippen molar-refractivity contribution in [3.05, 3.63) is 84.3 Å². The summed E-state index contributed by atoms with van der Waals surface area (Å²) in [6.45, 7) is 2.04. The van der Waals surface area contributed by atoms with Crippen LogP contribution in [0.5, 0.6) is 0 Å². The molecule has 0 spiro atoms. The first-order chi connectivity index (χ1) is 14.3. The molecule has 3 rings (SSSR count). The van der Waals surface area contributed by atoms with Crippen LogP contribution in [0.15, 0.2) is 40.9 Å². The lowest BCUT2D eigenvalue weighted by Gasteiger charge is -2.07. The van der Waals surface area contributed by atoms with Gasteiger partial charge in [0.25, 0.3) is 5.69 Å². The van der Waals surface area contributed by atoms with E-state index in [0.717, 1.165) is 12.8 Å². The third kappa shape index (κ3) is 4.53. The number of hydrogen-bond donors (Lipinski definition) is 0. The molecule has 1 heterocycles. The van der Waals surface area contributed by atoms with E-state index < -0.39 is 10.7 Å². The van der Waals surface area contributed by atoms with E-state index in [-0.39, 0.29) is 28.5 Å². The standard InChI is InChI=1S/C21H17BrClFN4O2/c1-2-3-4-19-16(9-13-5-6-14(22)10-18(13)24)21(12-25)27(26-19)20-11-15(28(29)30)7-8-17(20)23/h5-8,10-11H,2-4,9H2,1H3. The van der Waals surface area contributed by atoms with E-state index in [1.165, 1.54) is 28.9 Å². The molecule has 0 unspecified atom stereocenters. The number of rotatable bonds is 7. The molecular formula is C21H17BrClFN4O2. The van der Waals surface area contributed by atoms with Gasteiger partial charge < -0.3 is 0 Å². The van der Waals surface area contributed by atoms with Gasteiger partial charge in [-0.2, -0.15) is 10.4 Å². The van der Waals surface area contributed by atoms with Crippen molar-refractivity contribution in [2.75, 3.05) is 0 Å². The zero-order valence-corrected chi connectivity index (χ0v) is 18.4. The van der Waals surface area contributed by atoms with E-state index in [0.29, 0.717) is 27.7 Å². The Morgan fingerprint density at radius 1 is 1.33 bits per heavy atom. The second-order valence-corrected chi connectivity index (χ2v) is 8.03. The molecule has 0 bridgehead atoms. The molecule has 30 heavy (non-hydrogen) atoms. The molecule has 0 atom stereocenters. The van der Waals surface area contributed by atoms with E-state index in [1.54, 1.807) is 12.1 Å². The van der Waals surface area contributed by atoms with E-state index in [1.807, 2.05) is 6.92 Å². The number of unbranched alkanes of at least 4 members (excludes halogenated alkanes) is 1. The first-order valence-electron chi connectivity index (χ1n) is 9.24. The largest absolute Gasteiger partial charge is 0.271 e. The lowest BCUT2D eigenvalue weighted by Crippen LogP contribution is -2.03. The normalized spacial score (nSPS) is 10.8. The Labute approximate surface area is 186 Å². The van der Waals surface area contributed by atoms with Crippen LogP contribution in [-0.2, 0) is 12.8 Å². The number of aromatic nitrogens is 2. The zero-order chi connectivity index (χ0) is 21.8. The fourth-order valence-corrected chi connectivity index (χ4v) is 3.68. The van der Waals surface area contributed by atoms with Gasteiger partial charge in [-0.25, -0.2) is 9.07 Å². The Morgan fingerprint density at radius 3 is 2.73 bits per heavy atom. The number of halogens is 3. The minimum absolute atomic E-state index is 0.163. The Hall–Kier alpha value is -2.76. The molecule has 0 saturated carbocycles. The fourth-order valence-electron chi connectivity index (χ4n) is 3.15. The Morgan fingerprint density at radius 2 is 2.10 bits per heavy atom. The highest BCUT2D eigenvalue weighted by Crippen LogP contribution is 2.30. The lowest BCUT2D eigenvalue weighted by atomic mass is 10.00. The molecule has 0 aliphatic rings. The van der Waals surface area contributed by atoms with Crippen LogP contribution < -0.4 is 0 Å². The Bertz CT molecular complexity index is 1160. The molecule has 154 valence electrons. The number of non-ortho nitro benzene ring substituents is 1. The molecule has 0 amide bonds. The average Bonchev–Trinajstić information content (AvgIpc) is 3.05. The van der Waals surface area contributed by atoms with Gasteiger partial charge in [-0.1, -0.05) is 46.9 Å². The van der Waals surface area contributed by atoms with Gasteiger partial charge in [0.15, 0.2) is 0 Å². The Kier molecular flexibility index (Phi) is 6.85. The number of hydrogen-bond acceptors (Lipinski definition) is 4. The van der Waals surface area contributed by atoms with Gasteiger partial charge in [0, 0.05) is 28.6 Å². The van der Waals surface area contributed by atoms with Crippen LogP contribution in [0.4, 0.5) is 10.1 Å². The number of nitro benzene ring substituents is 1. The summed E-state index contributed by atoms with van der Waals surface area (Å²) < 4.78 is 16.4. The van der Waals surface area contributed by atoms with Crippen molar-refractivity contribution in [2.24, 2.45) is 0 Å². The summed E-state index contributed by atoms with van der Waals surface area (Å²) in [4.78, 5) is 10.7. The maximum atomic E-state index is 14.5. The van der Waals surface area contributed by atoms with Crippen LogP contribution in [0.2, 0.25) is 5.02 Å². The van der Waals surface area contributed by atoms with Crippen LogP contribution in [0.3, 0.4) is 0 Å². The van der Waals surface area contributed by atoms with E-state index in [2.05, 4.69) is 27.1 Å². The van der Waals surface area contributed by atoms with Crippen molar-refractivity contribution >= 4 is 33.2 Å². The van der Waals surface area contributed by atoms with Crippen LogP contribution in [-0.4, -0.2) is 14.7 Å². The molecule has 3 aromatic rings. The van der Waals surface area contributed by atoms with Gasteiger partial charge in [-0.15, -0.1) is 0 Å². The van der Waals surface area contributed by atoms with Crippen LogP contribution in [0.25, 0.3) is 5.69 Å². The van der Waals surface area contributed by atoms with Crippen molar-refractivity contribution < 1.29 is 9.31 Å². The Balaban J connectivity index is 2.18.